The first-order chi connectivity index (χ1) is 8.10. The number of ether oxygens (including phenoxy) is 1. The molecule has 1 aliphatic heterocycles. The smallest absolute Gasteiger partial charge is 0.230 e. The molecule has 0 amide bonds. The van der Waals surface area contributed by atoms with Gasteiger partial charge in [0.2, 0.25) is 11.9 Å². The molecule has 0 aromatic carbocycles. The van der Waals surface area contributed by atoms with E-state index in [0.29, 0.717) is 24.9 Å². The molecule has 0 bridgehead atoms. The number of aromatic nitrogens is 3. The van der Waals surface area contributed by atoms with Gasteiger partial charge >= 0.3 is 0 Å². The summed E-state index contributed by atoms with van der Waals surface area (Å²) in [5, 5.41) is 9.12. The Balaban J connectivity index is 2.24. The van der Waals surface area contributed by atoms with Crippen LogP contribution in [0.25, 0.3) is 0 Å². The fourth-order valence-electron chi connectivity index (χ4n) is 1.82. The van der Waals surface area contributed by atoms with Gasteiger partial charge in [0.25, 0.3) is 0 Å². The highest BCUT2D eigenvalue weighted by atomic mass is 16.5. The Morgan fingerprint density at radius 2 is 2.24 bits per heavy atom. The average molecular weight is 239 g/mol. The van der Waals surface area contributed by atoms with Crippen molar-refractivity contribution in [1.29, 1.82) is 0 Å². The minimum absolute atomic E-state index is 0.0111. The SMILES string of the molecule is Cc1nc(N)nc(N2CC(CO)OCC2C)n1. The van der Waals surface area contributed by atoms with E-state index in [0.717, 1.165) is 0 Å². The third-order valence-corrected chi connectivity index (χ3v) is 2.72. The summed E-state index contributed by atoms with van der Waals surface area (Å²) in [6.45, 7) is 4.87. The lowest BCUT2D eigenvalue weighted by molar-refractivity contribution is -0.0108. The van der Waals surface area contributed by atoms with E-state index in [1.807, 2.05) is 11.8 Å². The molecule has 1 fully saturated rings. The van der Waals surface area contributed by atoms with Crippen molar-refractivity contribution in [2.24, 2.45) is 0 Å². The van der Waals surface area contributed by atoms with Gasteiger partial charge in [-0.25, -0.2) is 0 Å². The summed E-state index contributed by atoms with van der Waals surface area (Å²) in [6, 6.07) is 0.152. The number of aryl methyl sites for hydroxylation is 1. The van der Waals surface area contributed by atoms with Crippen molar-refractivity contribution >= 4 is 11.9 Å². The molecule has 1 aliphatic rings. The third kappa shape index (κ3) is 2.62. The molecule has 0 saturated carbocycles. The van der Waals surface area contributed by atoms with Crippen LogP contribution in [-0.4, -0.2) is 52.0 Å². The summed E-state index contributed by atoms with van der Waals surface area (Å²) >= 11 is 0. The number of rotatable bonds is 2. The van der Waals surface area contributed by atoms with Crippen LogP contribution in [0.5, 0.6) is 0 Å². The monoisotopic (exact) mass is 239 g/mol. The standard InChI is InChI=1S/C10H17N5O2/c1-6-5-17-8(4-16)3-15(6)10-13-7(2)12-9(11)14-10/h6,8,16H,3-5H2,1-2H3,(H2,11,12,13,14). The third-order valence-electron chi connectivity index (χ3n) is 2.72. The van der Waals surface area contributed by atoms with Crippen LogP contribution in [0.1, 0.15) is 12.7 Å². The molecule has 1 aromatic heterocycles. The fraction of sp³-hybridized carbons (Fsp3) is 0.700. The summed E-state index contributed by atoms with van der Waals surface area (Å²) < 4.78 is 5.46. The second kappa shape index (κ2) is 4.80. The predicted octanol–water partition coefficient (Wildman–Crippen LogP) is -0.652. The molecule has 7 nitrogen and oxygen atoms in total. The van der Waals surface area contributed by atoms with Crippen LogP contribution in [0.3, 0.4) is 0 Å². The van der Waals surface area contributed by atoms with Crippen molar-refractivity contribution < 1.29 is 9.84 Å². The van der Waals surface area contributed by atoms with E-state index in [2.05, 4.69) is 15.0 Å². The minimum Gasteiger partial charge on any atom is -0.394 e. The quantitative estimate of drug-likeness (QED) is 0.707. The van der Waals surface area contributed by atoms with Crippen LogP contribution in [0.4, 0.5) is 11.9 Å². The molecule has 2 rings (SSSR count). The Morgan fingerprint density at radius 3 is 2.88 bits per heavy atom. The van der Waals surface area contributed by atoms with Crippen LogP contribution < -0.4 is 10.6 Å². The van der Waals surface area contributed by atoms with Gasteiger partial charge in [-0.05, 0) is 13.8 Å². The summed E-state index contributed by atoms with van der Waals surface area (Å²) in [4.78, 5) is 14.3. The van der Waals surface area contributed by atoms with Crippen molar-refractivity contribution in [3.05, 3.63) is 5.82 Å². The molecule has 1 saturated heterocycles. The number of nitrogens with zero attached hydrogens (tertiary/aromatic N) is 4. The molecule has 0 aliphatic carbocycles. The van der Waals surface area contributed by atoms with Gasteiger partial charge in [0, 0.05) is 6.54 Å². The van der Waals surface area contributed by atoms with E-state index in [4.69, 9.17) is 15.6 Å². The van der Waals surface area contributed by atoms with Gasteiger partial charge in [-0.3, -0.25) is 0 Å². The number of hydrogen-bond donors (Lipinski definition) is 2. The number of hydrogen-bond acceptors (Lipinski definition) is 7. The van der Waals surface area contributed by atoms with Gasteiger partial charge in [0.05, 0.1) is 25.4 Å². The number of nitrogen functional groups attached to an aromatic ring is 1. The molecule has 94 valence electrons. The van der Waals surface area contributed by atoms with E-state index in [-0.39, 0.29) is 24.7 Å². The number of nitrogens with two attached hydrogens (primary N) is 1. The van der Waals surface area contributed by atoms with Gasteiger partial charge in [-0.15, -0.1) is 0 Å². The zero-order valence-corrected chi connectivity index (χ0v) is 10.00. The Hall–Kier alpha value is -1.47. The molecule has 7 heteroatoms. The Bertz CT molecular complexity index is 380. The zero-order chi connectivity index (χ0) is 12.4. The van der Waals surface area contributed by atoms with E-state index < -0.39 is 0 Å². The minimum atomic E-state index is -0.204. The second-order valence-corrected chi connectivity index (χ2v) is 4.18. The highest BCUT2D eigenvalue weighted by molar-refractivity contribution is 5.36. The molecule has 0 spiro atoms. The largest absolute Gasteiger partial charge is 0.394 e. The van der Waals surface area contributed by atoms with Crippen molar-refractivity contribution in [1.82, 2.24) is 15.0 Å². The molecule has 2 unspecified atom stereocenters. The Kier molecular flexibility index (Phi) is 3.39. The molecule has 3 N–H and O–H groups in total. The van der Waals surface area contributed by atoms with Crippen LogP contribution >= 0.6 is 0 Å². The maximum atomic E-state index is 9.12. The number of anilines is 2. The Morgan fingerprint density at radius 1 is 1.47 bits per heavy atom. The zero-order valence-electron chi connectivity index (χ0n) is 10.00. The first-order valence-electron chi connectivity index (χ1n) is 5.57. The first-order valence-corrected chi connectivity index (χ1v) is 5.57. The van der Waals surface area contributed by atoms with E-state index in [9.17, 15) is 0 Å². The summed E-state index contributed by atoms with van der Waals surface area (Å²) in [5.41, 5.74) is 5.61. The highest BCUT2D eigenvalue weighted by Gasteiger charge is 2.27. The molecule has 1 aromatic rings. The van der Waals surface area contributed by atoms with E-state index in [1.54, 1.807) is 6.92 Å². The molecule has 17 heavy (non-hydrogen) atoms. The fourth-order valence-corrected chi connectivity index (χ4v) is 1.82. The van der Waals surface area contributed by atoms with Crippen LogP contribution in [0, 0.1) is 6.92 Å². The molecular weight excluding hydrogens is 222 g/mol. The van der Waals surface area contributed by atoms with Gasteiger partial charge in [0.15, 0.2) is 0 Å². The number of aliphatic hydroxyl groups is 1. The average Bonchev–Trinajstić information content (AvgIpc) is 2.28. The van der Waals surface area contributed by atoms with Crippen LogP contribution in [0.2, 0.25) is 0 Å². The number of aliphatic hydroxyl groups excluding tert-OH is 1. The molecule has 0 radical (unpaired) electrons. The molecule has 2 heterocycles. The second-order valence-electron chi connectivity index (χ2n) is 4.18. The van der Waals surface area contributed by atoms with Crippen molar-refractivity contribution in [2.75, 3.05) is 30.4 Å². The Labute approximate surface area is 99.6 Å². The van der Waals surface area contributed by atoms with Gasteiger partial charge in [-0.1, -0.05) is 0 Å². The van der Waals surface area contributed by atoms with E-state index in [1.165, 1.54) is 0 Å². The lowest BCUT2D eigenvalue weighted by Crippen LogP contribution is -2.50. The van der Waals surface area contributed by atoms with Gasteiger partial charge < -0.3 is 20.5 Å². The van der Waals surface area contributed by atoms with Crippen LogP contribution in [0.15, 0.2) is 0 Å². The van der Waals surface area contributed by atoms with E-state index >= 15 is 0 Å². The maximum Gasteiger partial charge on any atom is 0.230 e. The first kappa shape index (κ1) is 12.0. The van der Waals surface area contributed by atoms with Gasteiger partial charge in [0.1, 0.15) is 5.82 Å². The lowest BCUT2D eigenvalue weighted by atomic mass is 10.2. The summed E-state index contributed by atoms with van der Waals surface area (Å²) in [5.74, 6) is 1.35. The maximum absolute atomic E-state index is 9.12. The molecule has 2 atom stereocenters. The highest BCUT2D eigenvalue weighted by Crippen LogP contribution is 2.18. The topological polar surface area (TPSA) is 97.4 Å². The molecular formula is C10H17N5O2. The number of morpholine rings is 1. The lowest BCUT2D eigenvalue weighted by Gasteiger charge is -2.37. The van der Waals surface area contributed by atoms with Crippen LogP contribution in [-0.2, 0) is 4.74 Å². The van der Waals surface area contributed by atoms with Crippen molar-refractivity contribution in [3.8, 4) is 0 Å². The summed E-state index contributed by atoms with van der Waals surface area (Å²) in [6.07, 6.45) is -0.204. The van der Waals surface area contributed by atoms with Crippen molar-refractivity contribution in [2.45, 2.75) is 26.0 Å². The normalized spacial score (nSPS) is 25.0. The van der Waals surface area contributed by atoms with Crippen molar-refractivity contribution in [3.63, 3.8) is 0 Å². The predicted molar refractivity (Wildman–Crippen MR) is 62.6 cm³/mol. The summed E-state index contributed by atoms with van der Waals surface area (Å²) in [7, 11) is 0. The van der Waals surface area contributed by atoms with Gasteiger partial charge in [-0.2, -0.15) is 15.0 Å².